The monoisotopic (exact) mass is 423 g/mol. The maximum Gasteiger partial charge on any atom is 0.327 e. The second kappa shape index (κ2) is 8.87. The number of aromatic nitrogens is 2. The molecule has 0 unspecified atom stereocenters. The van der Waals surface area contributed by atoms with Crippen LogP contribution in [0.3, 0.4) is 0 Å². The summed E-state index contributed by atoms with van der Waals surface area (Å²) in [6.45, 7) is 3.47. The summed E-state index contributed by atoms with van der Waals surface area (Å²) in [4.78, 5) is 28.6. The Hall–Kier alpha value is -3.52. The fourth-order valence-electron chi connectivity index (χ4n) is 3.06. The summed E-state index contributed by atoms with van der Waals surface area (Å²) in [6.07, 6.45) is 1.17. The van der Waals surface area contributed by atoms with Gasteiger partial charge in [-0.1, -0.05) is 36.4 Å². The van der Waals surface area contributed by atoms with Crippen LogP contribution in [0.5, 0.6) is 5.88 Å². The Bertz CT molecular complexity index is 1260. The standard InChI is InChI=1S/C22H21N3O4S/c1-14-8-4-6-10-17(14)24-20(27)16(12-23-13-19(26)29-3)21(28)25(22(24)30)18-11-7-5-9-15(18)2/h4-12,27H,13H2,1-3H3. The molecule has 2 aromatic carbocycles. The summed E-state index contributed by atoms with van der Waals surface area (Å²) in [5.74, 6) is -0.908. The molecule has 0 fully saturated rings. The molecule has 0 amide bonds. The fraction of sp³-hybridized carbons (Fsp3) is 0.182. The molecule has 3 rings (SSSR count). The third-order valence-corrected chi connectivity index (χ3v) is 5.02. The van der Waals surface area contributed by atoms with Crippen molar-refractivity contribution in [2.75, 3.05) is 13.7 Å². The lowest BCUT2D eigenvalue weighted by atomic mass is 10.2. The lowest BCUT2D eigenvalue weighted by Gasteiger charge is -2.18. The van der Waals surface area contributed by atoms with Gasteiger partial charge in [-0.25, -0.2) is 0 Å². The Morgan fingerprint density at radius 1 is 1.07 bits per heavy atom. The number of aromatic hydroxyl groups is 1. The number of ether oxygens (including phenoxy) is 1. The summed E-state index contributed by atoms with van der Waals surface area (Å²) in [7, 11) is 1.25. The highest BCUT2D eigenvalue weighted by Gasteiger charge is 2.19. The van der Waals surface area contributed by atoms with Crippen molar-refractivity contribution in [1.82, 2.24) is 9.13 Å². The minimum Gasteiger partial charge on any atom is -0.494 e. The molecule has 154 valence electrons. The van der Waals surface area contributed by atoms with Crippen molar-refractivity contribution in [3.63, 3.8) is 0 Å². The highest BCUT2D eigenvalue weighted by Crippen LogP contribution is 2.24. The van der Waals surface area contributed by atoms with Crippen molar-refractivity contribution < 1.29 is 14.6 Å². The van der Waals surface area contributed by atoms with E-state index in [4.69, 9.17) is 12.2 Å². The summed E-state index contributed by atoms with van der Waals surface area (Å²) < 4.78 is 7.47. The predicted octanol–water partition coefficient (Wildman–Crippen LogP) is 3.27. The van der Waals surface area contributed by atoms with E-state index in [0.717, 1.165) is 11.1 Å². The van der Waals surface area contributed by atoms with Crippen LogP contribution in [0, 0.1) is 18.6 Å². The largest absolute Gasteiger partial charge is 0.494 e. The van der Waals surface area contributed by atoms with Gasteiger partial charge in [0.15, 0.2) is 4.77 Å². The molecule has 0 atom stereocenters. The molecule has 0 radical (unpaired) electrons. The van der Waals surface area contributed by atoms with E-state index in [1.165, 1.54) is 22.5 Å². The van der Waals surface area contributed by atoms with Crippen LogP contribution >= 0.6 is 12.2 Å². The molecule has 0 aliphatic heterocycles. The third-order valence-electron chi connectivity index (χ3n) is 4.65. The van der Waals surface area contributed by atoms with Gasteiger partial charge in [0, 0.05) is 6.21 Å². The van der Waals surface area contributed by atoms with E-state index in [1.807, 2.05) is 44.2 Å². The Balaban J connectivity index is 2.37. The van der Waals surface area contributed by atoms with Crippen LogP contribution in [0.25, 0.3) is 11.4 Å². The fourth-order valence-corrected chi connectivity index (χ4v) is 3.43. The summed E-state index contributed by atoms with van der Waals surface area (Å²) in [5, 5.41) is 11.0. The van der Waals surface area contributed by atoms with Gasteiger partial charge in [0.1, 0.15) is 12.1 Å². The first-order valence-corrected chi connectivity index (χ1v) is 9.57. The van der Waals surface area contributed by atoms with E-state index >= 15 is 0 Å². The Morgan fingerprint density at radius 3 is 2.13 bits per heavy atom. The number of benzene rings is 2. The number of carbonyl (C=O) groups excluding carboxylic acids is 1. The molecule has 30 heavy (non-hydrogen) atoms. The number of hydrogen-bond acceptors (Lipinski definition) is 6. The number of hydrogen-bond donors (Lipinski definition) is 1. The van der Waals surface area contributed by atoms with E-state index in [2.05, 4.69) is 9.73 Å². The van der Waals surface area contributed by atoms with Gasteiger partial charge in [0.05, 0.1) is 18.5 Å². The van der Waals surface area contributed by atoms with Gasteiger partial charge in [0.25, 0.3) is 5.56 Å². The van der Waals surface area contributed by atoms with Crippen LogP contribution in [0.1, 0.15) is 16.7 Å². The van der Waals surface area contributed by atoms with Crippen LogP contribution in [0.4, 0.5) is 0 Å². The molecular weight excluding hydrogens is 402 g/mol. The number of esters is 1. The summed E-state index contributed by atoms with van der Waals surface area (Å²) >= 11 is 5.63. The number of carbonyl (C=O) groups is 1. The average molecular weight is 423 g/mol. The molecule has 0 aliphatic carbocycles. The second-order valence-corrected chi connectivity index (χ2v) is 6.98. The molecule has 0 saturated heterocycles. The molecule has 3 aromatic rings. The molecule has 0 saturated carbocycles. The van der Waals surface area contributed by atoms with E-state index in [1.54, 1.807) is 18.2 Å². The molecular formula is C22H21N3O4S. The van der Waals surface area contributed by atoms with E-state index in [-0.39, 0.29) is 22.8 Å². The maximum atomic E-state index is 13.3. The zero-order chi connectivity index (χ0) is 21.8. The van der Waals surface area contributed by atoms with E-state index in [9.17, 15) is 14.7 Å². The molecule has 0 aliphatic rings. The zero-order valence-corrected chi connectivity index (χ0v) is 17.6. The number of aryl methyl sites for hydroxylation is 2. The van der Waals surface area contributed by atoms with Gasteiger partial charge in [-0.05, 0) is 49.3 Å². The quantitative estimate of drug-likeness (QED) is 0.387. The van der Waals surface area contributed by atoms with Gasteiger partial charge >= 0.3 is 5.97 Å². The van der Waals surface area contributed by atoms with Crippen LogP contribution < -0.4 is 5.56 Å². The first-order valence-electron chi connectivity index (χ1n) is 9.16. The van der Waals surface area contributed by atoms with Crippen LogP contribution in [0.15, 0.2) is 58.3 Å². The van der Waals surface area contributed by atoms with Crippen LogP contribution in [-0.4, -0.2) is 40.1 Å². The van der Waals surface area contributed by atoms with Crippen molar-refractivity contribution in [2.45, 2.75) is 13.8 Å². The molecule has 0 bridgehead atoms. The van der Waals surface area contributed by atoms with Crippen LogP contribution in [-0.2, 0) is 9.53 Å². The molecule has 1 aromatic heterocycles. The van der Waals surface area contributed by atoms with Gasteiger partial charge in [-0.3, -0.25) is 23.7 Å². The summed E-state index contributed by atoms with van der Waals surface area (Å²) in [5.41, 5.74) is 2.30. The zero-order valence-electron chi connectivity index (χ0n) is 16.8. The minimum absolute atomic E-state index is 0.0843. The maximum absolute atomic E-state index is 13.3. The second-order valence-electron chi connectivity index (χ2n) is 6.61. The Morgan fingerprint density at radius 2 is 1.60 bits per heavy atom. The first kappa shape index (κ1) is 21.2. The lowest BCUT2D eigenvalue weighted by molar-refractivity contribution is -0.138. The third kappa shape index (κ3) is 3.95. The Kier molecular flexibility index (Phi) is 6.27. The first-order chi connectivity index (χ1) is 14.4. The van der Waals surface area contributed by atoms with Gasteiger partial charge in [-0.2, -0.15) is 0 Å². The van der Waals surface area contributed by atoms with Crippen molar-refractivity contribution >= 4 is 24.4 Å². The SMILES string of the molecule is COC(=O)CN=Cc1c(O)n(-c2ccccc2C)c(=S)n(-c2ccccc2C)c1=O. The molecule has 1 N–H and O–H groups in total. The number of methoxy groups -OCH3 is 1. The van der Waals surface area contributed by atoms with Gasteiger partial charge in [0.2, 0.25) is 5.88 Å². The van der Waals surface area contributed by atoms with E-state index < -0.39 is 11.5 Å². The highest BCUT2D eigenvalue weighted by atomic mass is 32.1. The number of rotatable bonds is 5. The topological polar surface area (TPSA) is 85.8 Å². The van der Waals surface area contributed by atoms with Crippen LogP contribution in [0.2, 0.25) is 0 Å². The van der Waals surface area contributed by atoms with Gasteiger partial charge in [-0.15, -0.1) is 0 Å². The van der Waals surface area contributed by atoms with Crippen molar-refractivity contribution in [3.8, 4) is 17.3 Å². The molecule has 7 nitrogen and oxygen atoms in total. The average Bonchev–Trinajstić information content (AvgIpc) is 2.73. The van der Waals surface area contributed by atoms with Crippen molar-refractivity contribution in [1.29, 1.82) is 0 Å². The molecule has 1 heterocycles. The Labute approximate surface area is 178 Å². The summed E-state index contributed by atoms with van der Waals surface area (Å²) in [6, 6.07) is 14.7. The molecule has 0 spiro atoms. The van der Waals surface area contributed by atoms with Crippen molar-refractivity contribution in [2.24, 2.45) is 4.99 Å². The van der Waals surface area contributed by atoms with E-state index in [0.29, 0.717) is 11.4 Å². The van der Waals surface area contributed by atoms with Gasteiger partial charge < -0.3 is 9.84 Å². The predicted molar refractivity (Wildman–Crippen MR) is 118 cm³/mol. The lowest BCUT2D eigenvalue weighted by Crippen LogP contribution is -2.28. The normalized spacial score (nSPS) is 11.0. The number of para-hydroxylation sites is 2. The minimum atomic E-state index is -0.559. The smallest absolute Gasteiger partial charge is 0.327 e. The van der Waals surface area contributed by atoms with Crippen molar-refractivity contribution in [3.05, 3.63) is 80.3 Å². The molecule has 8 heteroatoms. The number of nitrogens with zero attached hydrogens (tertiary/aromatic N) is 3. The number of aliphatic imine (C=N–C) groups is 1. The highest BCUT2D eigenvalue weighted by molar-refractivity contribution is 7.71.